The highest BCUT2D eigenvalue weighted by Gasteiger charge is 2.46. The minimum absolute atomic E-state index is 0.0290. The number of ether oxygens (including phenoxy) is 2. The summed E-state index contributed by atoms with van der Waals surface area (Å²) in [6.07, 6.45) is 2.59. The summed E-state index contributed by atoms with van der Waals surface area (Å²) in [4.78, 5) is 19.4. The number of anilines is 1. The Morgan fingerprint density at radius 1 is 1.14 bits per heavy atom. The summed E-state index contributed by atoms with van der Waals surface area (Å²) in [5, 5.41) is 5.15. The van der Waals surface area contributed by atoms with Crippen LogP contribution in [0.2, 0.25) is 0 Å². The molecule has 0 N–H and O–H groups in total. The van der Waals surface area contributed by atoms with Crippen LogP contribution in [0.1, 0.15) is 57.3 Å². The zero-order chi connectivity index (χ0) is 25.3. The molecule has 5 rings (SSSR count). The molecule has 1 aromatic heterocycles. The Bertz CT molecular complexity index is 1030. The summed E-state index contributed by atoms with van der Waals surface area (Å²) in [6, 6.07) is 13.3. The number of rotatable bonds is 4. The van der Waals surface area contributed by atoms with Crippen LogP contribution in [-0.2, 0) is 16.0 Å². The summed E-state index contributed by atoms with van der Waals surface area (Å²) in [5.74, 6) is 1.06. The molecule has 4 heterocycles. The first-order valence-corrected chi connectivity index (χ1v) is 13.4. The fraction of sp³-hybridized carbons (Fsp3) is 0.643. The predicted octanol–water partition coefficient (Wildman–Crippen LogP) is 4.24. The zero-order valence-corrected chi connectivity index (χ0v) is 22.3. The molecule has 3 fully saturated rings. The molecular formula is C28H41N5O3. The lowest BCUT2D eigenvalue weighted by atomic mass is 9.92. The first-order chi connectivity index (χ1) is 17.2. The van der Waals surface area contributed by atoms with Gasteiger partial charge in [-0.1, -0.05) is 30.3 Å². The molecule has 196 valence electrons. The maximum absolute atomic E-state index is 12.5. The Balaban J connectivity index is 1.26. The molecule has 1 amide bonds. The van der Waals surface area contributed by atoms with Crippen LogP contribution >= 0.6 is 0 Å². The van der Waals surface area contributed by atoms with Crippen LogP contribution in [0.4, 0.5) is 10.6 Å². The van der Waals surface area contributed by atoms with Gasteiger partial charge in [-0.2, -0.15) is 5.10 Å². The number of amides is 1. The number of likely N-dealkylation sites (tertiary alicyclic amines) is 1. The molecule has 1 spiro atoms. The van der Waals surface area contributed by atoms with Gasteiger partial charge in [0, 0.05) is 57.6 Å². The molecule has 0 aliphatic carbocycles. The monoisotopic (exact) mass is 495 g/mol. The number of piperazine rings is 1. The van der Waals surface area contributed by atoms with Crippen LogP contribution < -0.4 is 4.90 Å². The van der Waals surface area contributed by atoms with Crippen LogP contribution in [0.3, 0.4) is 0 Å². The molecule has 0 saturated carbocycles. The molecular weight excluding hydrogens is 454 g/mol. The molecule has 0 radical (unpaired) electrons. The molecule has 3 aliphatic rings. The van der Waals surface area contributed by atoms with Crippen molar-refractivity contribution < 1.29 is 14.3 Å². The van der Waals surface area contributed by atoms with Gasteiger partial charge in [0.15, 0.2) is 5.82 Å². The second-order valence-electron chi connectivity index (χ2n) is 11.7. The Morgan fingerprint density at radius 2 is 1.89 bits per heavy atom. The molecule has 3 saturated heterocycles. The van der Waals surface area contributed by atoms with Gasteiger partial charge >= 0.3 is 6.09 Å². The summed E-state index contributed by atoms with van der Waals surface area (Å²) >= 11 is 0. The van der Waals surface area contributed by atoms with Crippen molar-refractivity contribution in [3.63, 3.8) is 0 Å². The summed E-state index contributed by atoms with van der Waals surface area (Å²) in [7, 11) is 0. The first-order valence-electron chi connectivity index (χ1n) is 13.4. The van der Waals surface area contributed by atoms with E-state index in [1.807, 2.05) is 25.7 Å². The van der Waals surface area contributed by atoms with Crippen molar-refractivity contribution in [3.05, 3.63) is 47.7 Å². The second kappa shape index (κ2) is 10.1. The Kier molecular flexibility index (Phi) is 7.01. The Morgan fingerprint density at radius 3 is 2.56 bits per heavy atom. The van der Waals surface area contributed by atoms with Crippen molar-refractivity contribution in [2.24, 2.45) is 0 Å². The molecule has 1 aromatic carbocycles. The molecule has 0 bridgehead atoms. The fourth-order valence-electron chi connectivity index (χ4n) is 5.92. The number of aryl methyl sites for hydroxylation is 1. The van der Waals surface area contributed by atoms with Gasteiger partial charge < -0.3 is 19.3 Å². The standard InChI is InChI=1S/C28H41N5O3/c1-22-18-25(29-33(22)24-10-13-31(14-11-24)26(34)36-27(2,3)4)32-16-15-30(19-23-8-6-5-7-9-23)20-28(32)12-17-35-21-28/h5-9,18,24H,10-17,19-21H2,1-4H3. The van der Waals surface area contributed by atoms with E-state index in [2.05, 4.69) is 57.8 Å². The maximum Gasteiger partial charge on any atom is 0.410 e. The number of carbonyl (C=O) groups excluding carboxylic acids is 1. The highest BCUT2D eigenvalue weighted by atomic mass is 16.6. The summed E-state index contributed by atoms with van der Waals surface area (Å²) < 4.78 is 13.7. The number of hydrogen-bond acceptors (Lipinski definition) is 6. The van der Waals surface area contributed by atoms with E-state index < -0.39 is 5.60 Å². The van der Waals surface area contributed by atoms with Gasteiger partial charge in [0.2, 0.25) is 0 Å². The van der Waals surface area contributed by atoms with Crippen molar-refractivity contribution in [3.8, 4) is 0 Å². The number of piperidine rings is 1. The quantitative estimate of drug-likeness (QED) is 0.632. The van der Waals surface area contributed by atoms with E-state index in [1.165, 1.54) is 11.3 Å². The van der Waals surface area contributed by atoms with Crippen molar-refractivity contribution in [1.29, 1.82) is 0 Å². The minimum atomic E-state index is -0.466. The van der Waals surface area contributed by atoms with Gasteiger partial charge in [-0.3, -0.25) is 9.58 Å². The topological polar surface area (TPSA) is 63.1 Å². The number of carbonyl (C=O) groups is 1. The highest BCUT2D eigenvalue weighted by molar-refractivity contribution is 5.68. The van der Waals surface area contributed by atoms with E-state index in [0.29, 0.717) is 19.1 Å². The third kappa shape index (κ3) is 5.39. The van der Waals surface area contributed by atoms with Gasteiger partial charge in [-0.05, 0) is 52.5 Å². The molecule has 8 heteroatoms. The lowest BCUT2D eigenvalue weighted by Crippen LogP contribution is -2.63. The number of benzene rings is 1. The van der Waals surface area contributed by atoms with Crippen molar-refractivity contribution in [2.75, 3.05) is 50.8 Å². The summed E-state index contributed by atoms with van der Waals surface area (Å²) in [5.41, 5.74) is 2.05. The van der Waals surface area contributed by atoms with E-state index in [9.17, 15) is 4.79 Å². The van der Waals surface area contributed by atoms with Gasteiger partial charge in [-0.15, -0.1) is 0 Å². The molecule has 8 nitrogen and oxygen atoms in total. The van der Waals surface area contributed by atoms with E-state index in [-0.39, 0.29) is 11.6 Å². The van der Waals surface area contributed by atoms with Crippen molar-refractivity contribution in [1.82, 2.24) is 19.6 Å². The predicted molar refractivity (Wildman–Crippen MR) is 140 cm³/mol. The number of hydrogen-bond donors (Lipinski definition) is 0. The van der Waals surface area contributed by atoms with Gasteiger partial charge in [0.1, 0.15) is 5.60 Å². The first kappa shape index (κ1) is 25.1. The third-order valence-electron chi connectivity index (χ3n) is 7.71. The van der Waals surface area contributed by atoms with Crippen LogP contribution in [0, 0.1) is 6.92 Å². The lowest BCUT2D eigenvalue weighted by Gasteiger charge is -2.48. The highest BCUT2D eigenvalue weighted by Crippen LogP contribution is 2.36. The number of aromatic nitrogens is 2. The normalized spacial score (nSPS) is 24.0. The van der Waals surface area contributed by atoms with Crippen LogP contribution in [-0.4, -0.2) is 82.8 Å². The van der Waals surface area contributed by atoms with Crippen LogP contribution in [0.25, 0.3) is 0 Å². The molecule has 3 aliphatic heterocycles. The van der Waals surface area contributed by atoms with Crippen LogP contribution in [0.15, 0.2) is 36.4 Å². The fourth-order valence-corrected chi connectivity index (χ4v) is 5.92. The maximum atomic E-state index is 12.5. The SMILES string of the molecule is Cc1cc(N2CCN(Cc3ccccc3)CC23CCOC3)nn1C1CCN(C(=O)OC(C)(C)C)CC1. The second-order valence-corrected chi connectivity index (χ2v) is 11.7. The molecule has 2 aromatic rings. The van der Waals surface area contributed by atoms with Gasteiger partial charge in [0.25, 0.3) is 0 Å². The van der Waals surface area contributed by atoms with E-state index in [4.69, 9.17) is 14.6 Å². The minimum Gasteiger partial charge on any atom is -0.444 e. The lowest BCUT2D eigenvalue weighted by molar-refractivity contribution is 0.0184. The molecule has 1 unspecified atom stereocenters. The number of nitrogens with zero attached hydrogens (tertiary/aromatic N) is 5. The average molecular weight is 496 g/mol. The smallest absolute Gasteiger partial charge is 0.410 e. The van der Waals surface area contributed by atoms with Crippen LogP contribution in [0.5, 0.6) is 0 Å². The van der Waals surface area contributed by atoms with E-state index in [0.717, 1.165) is 64.5 Å². The molecule has 1 atom stereocenters. The Hall–Kier alpha value is -2.58. The van der Waals surface area contributed by atoms with E-state index >= 15 is 0 Å². The largest absolute Gasteiger partial charge is 0.444 e. The van der Waals surface area contributed by atoms with Crippen molar-refractivity contribution in [2.45, 2.75) is 70.7 Å². The third-order valence-corrected chi connectivity index (χ3v) is 7.71. The molecule has 36 heavy (non-hydrogen) atoms. The average Bonchev–Trinajstić information content (AvgIpc) is 3.46. The zero-order valence-electron chi connectivity index (χ0n) is 22.3. The van der Waals surface area contributed by atoms with E-state index in [1.54, 1.807) is 0 Å². The van der Waals surface area contributed by atoms with Gasteiger partial charge in [-0.25, -0.2) is 4.79 Å². The van der Waals surface area contributed by atoms with Crippen molar-refractivity contribution >= 4 is 11.9 Å². The Labute approximate surface area is 215 Å². The van der Waals surface area contributed by atoms with Gasteiger partial charge in [0.05, 0.1) is 18.2 Å². The summed E-state index contributed by atoms with van der Waals surface area (Å²) in [6.45, 7) is 14.8.